The molecule has 0 amide bonds. The normalized spacial score (nSPS) is 10.9. The van der Waals surface area contributed by atoms with Gasteiger partial charge in [-0.15, -0.1) is 0 Å². The fourth-order valence-corrected chi connectivity index (χ4v) is 2.11. The van der Waals surface area contributed by atoms with Crippen molar-refractivity contribution in [1.82, 2.24) is 0 Å². The molecule has 0 fully saturated rings. The minimum atomic E-state index is 0.548. The van der Waals surface area contributed by atoms with Gasteiger partial charge in [-0.25, -0.2) is 0 Å². The lowest BCUT2D eigenvalue weighted by Gasteiger charge is -2.08. The van der Waals surface area contributed by atoms with Crippen molar-refractivity contribution in [3.63, 3.8) is 0 Å². The molecule has 15 heavy (non-hydrogen) atoms. The van der Waals surface area contributed by atoms with Crippen LogP contribution in [-0.2, 0) is 0 Å². The molecular weight excluding hydrogens is 252 g/mol. The van der Waals surface area contributed by atoms with Crippen LogP contribution >= 0.6 is 15.9 Å². The van der Waals surface area contributed by atoms with E-state index in [1.54, 1.807) is 6.26 Å². The van der Waals surface area contributed by atoms with Crippen molar-refractivity contribution < 1.29 is 4.42 Å². The second-order valence-corrected chi connectivity index (χ2v) is 4.73. The number of hydrogen-bond acceptors (Lipinski definition) is 1. The maximum absolute atomic E-state index is 5.37. The first-order valence-corrected chi connectivity index (χ1v) is 5.81. The van der Waals surface area contributed by atoms with Gasteiger partial charge in [0.1, 0.15) is 5.76 Å². The van der Waals surface area contributed by atoms with Crippen LogP contribution in [0.1, 0.15) is 25.3 Å². The fourth-order valence-electron chi connectivity index (χ4n) is 1.52. The number of benzene rings is 1. The highest BCUT2D eigenvalue weighted by atomic mass is 79.9. The highest BCUT2D eigenvalue weighted by molar-refractivity contribution is 9.10. The Morgan fingerprint density at radius 1 is 1.20 bits per heavy atom. The van der Waals surface area contributed by atoms with Crippen LogP contribution in [0.5, 0.6) is 0 Å². The molecule has 0 saturated carbocycles. The van der Waals surface area contributed by atoms with Crippen LogP contribution in [0.15, 0.2) is 45.5 Å². The Morgan fingerprint density at radius 3 is 2.53 bits per heavy atom. The molecule has 1 aromatic heterocycles. The van der Waals surface area contributed by atoms with Gasteiger partial charge in [-0.3, -0.25) is 0 Å². The molecule has 0 aliphatic rings. The van der Waals surface area contributed by atoms with Crippen molar-refractivity contribution in [2.45, 2.75) is 19.8 Å². The zero-order valence-corrected chi connectivity index (χ0v) is 10.4. The average Bonchev–Trinajstić information content (AvgIpc) is 2.70. The predicted molar refractivity (Wildman–Crippen MR) is 65.9 cm³/mol. The van der Waals surface area contributed by atoms with Crippen molar-refractivity contribution in [3.05, 3.63) is 46.6 Å². The molecule has 0 atom stereocenters. The van der Waals surface area contributed by atoms with Gasteiger partial charge in [0.2, 0.25) is 0 Å². The SMILES string of the molecule is CC(C)c1ccc(-c2ccco2)c(Br)c1. The minimum absolute atomic E-state index is 0.548. The van der Waals surface area contributed by atoms with E-state index >= 15 is 0 Å². The minimum Gasteiger partial charge on any atom is -0.464 e. The molecule has 78 valence electrons. The Labute approximate surface area is 98.2 Å². The van der Waals surface area contributed by atoms with Crippen molar-refractivity contribution in [2.75, 3.05) is 0 Å². The van der Waals surface area contributed by atoms with Gasteiger partial charge in [-0.1, -0.05) is 35.8 Å². The molecule has 0 bridgehead atoms. The van der Waals surface area contributed by atoms with Crippen LogP contribution < -0.4 is 0 Å². The number of furan rings is 1. The lowest BCUT2D eigenvalue weighted by Crippen LogP contribution is -1.87. The van der Waals surface area contributed by atoms with Gasteiger partial charge in [-0.2, -0.15) is 0 Å². The van der Waals surface area contributed by atoms with Crippen LogP contribution in [0.25, 0.3) is 11.3 Å². The van der Waals surface area contributed by atoms with Gasteiger partial charge in [0, 0.05) is 10.0 Å². The van der Waals surface area contributed by atoms with Gasteiger partial charge in [0.15, 0.2) is 0 Å². The van der Waals surface area contributed by atoms with E-state index in [1.165, 1.54) is 5.56 Å². The Morgan fingerprint density at radius 2 is 2.00 bits per heavy atom. The molecule has 1 aromatic carbocycles. The molecule has 0 radical (unpaired) electrons. The molecular formula is C13H13BrO. The summed E-state index contributed by atoms with van der Waals surface area (Å²) in [6.45, 7) is 4.38. The summed E-state index contributed by atoms with van der Waals surface area (Å²) < 4.78 is 6.46. The monoisotopic (exact) mass is 264 g/mol. The molecule has 2 heteroatoms. The van der Waals surface area contributed by atoms with E-state index in [4.69, 9.17) is 4.42 Å². The summed E-state index contributed by atoms with van der Waals surface area (Å²) in [7, 11) is 0. The zero-order chi connectivity index (χ0) is 10.8. The van der Waals surface area contributed by atoms with E-state index in [0.717, 1.165) is 15.8 Å². The van der Waals surface area contributed by atoms with E-state index in [0.29, 0.717) is 5.92 Å². The Balaban J connectivity index is 2.44. The first kappa shape index (κ1) is 10.5. The Kier molecular flexibility index (Phi) is 2.96. The van der Waals surface area contributed by atoms with Crippen LogP contribution in [0.4, 0.5) is 0 Å². The smallest absolute Gasteiger partial charge is 0.134 e. The highest BCUT2D eigenvalue weighted by Crippen LogP contribution is 2.31. The first-order valence-electron chi connectivity index (χ1n) is 5.02. The van der Waals surface area contributed by atoms with Crippen molar-refractivity contribution in [2.24, 2.45) is 0 Å². The molecule has 0 aliphatic heterocycles. The molecule has 0 saturated heterocycles. The Hall–Kier alpha value is -1.02. The largest absolute Gasteiger partial charge is 0.464 e. The van der Waals surface area contributed by atoms with Crippen molar-refractivity contribution in [3.8, 4) is 11.3 Å². The molecule has 2 aromatic rings. The molecule has 0 aliphatic carbocycles. The van der Waals surface area contributed by atoms with Gasteiger partial charge in [0.05, 0.1) is 6.26 Å². The van der Waals surface area contributed by atoms with Crippen molar-refractivity contribution >= 4 is 15.9 Å². The first-order chi connectivity index (χ1) is 7.18. The van der Waals surface area contributed by atoms with Gasteiger partial charge >= 0.3 is 0 Å². The quantitative estimate of drug-likeness (QED) is 0.757. The Bertz CT molecular complexity index is 444. The highest BCUT2D eigenvalue weighted by Gasteiger charge is 2.07. The summed E-state index contributed by atoms with van der Waals surface area (Å²) in [5.74, 6) is 1.45. The fraction of sp³-hybridized carbons (Fsp3) is 0.231. The van der Waals surface area contributed by atoms with Crippen LogP contribution in [-0.4, -0.2) is 0 Å². The number of halogens is 1. The standard InChI is InChI=1S/C13H13BrO/c1-9(2)10-5-6-11(12(14)8-10)13-4-3-7-15-13/h3-9H,1-2H3. The summed E-state index contributed by atoms with van der Waals surface area (Å²) in [6, 6.07) is 10.3. The summed E-state index contributed by atoms with van der Waals surface area (Å²) in [5, 5.41) is 0. The number of hydrogen-bond donors (Lipinski definition) is 0. The summed E-state index contributed by atoms with van der Waals surface area (Å²) >= 11 is 3.58. The third-order valence-electron chi connectivity index (χ3n) is 2.45. The van der Waals surface area contributed by atoms with Gasteiger partial charge in [-0.05, 0) is 35.7 Å². The second kappa shape index (κ2) is 4.23. The van der Waals surface area contributed by atoms with E-state index in [-0.39, 0.29) is 0 Å². The topological polar surface area (TPSA) is 13.1 Å². The van der Waals surface area contributed by atoms with Gasteiger partial charge in [0.25, 0.3) is 0 Å². The molecule has 2 rings (SSSR count). The van der Waals surface area contributed by atoms with E-state index in [9.17, 15) is 0 Å². The zero-order valence-electron chi connectivity index (χ0n) is 8.83. The van der Waals surface area contributed by atoms with E-state index in [1.807, 2.05) is 12.1 Å². The molecule has 0 spiro atoms. The third kappa shape index (κ3) is 2.15. The van der Waals surface area contributed by atoms with Gasteiger partial charge < -0.3 is 4.42 Å². The lowest BCUT2D eigenvalue weighted by atomic mass is 10.0. The second-order valence-electron chi connectivity index (χ2n) is 3.87. The molecule has 1 heterocycles. The van der Waals surface area contributed by atoms with E-state index in [2.05, 4.69) is 48.0 Å². The summed E-state index contributed by atoms with van der Waals surface area (Å²) in [5.41, 5.74) is 2.43. The lowest BCUT2D eigenvalue weighted by molar-refractivity contribution is 0.582. The summed E-state index contributed by atoms with van der Waals surface area (Å²) in [6.07, 6.45) is 1.69. The average molecular weight is 265 g/mol. The molecule has 0 unspecified atom stereocenters. The van der Waals surface area contributed by atoms with Crippen molar-refractivity contribution in [1.29, 1.82) is 0 Å². The predicted octanol–water partition coefficient (Wildman–Crippen LogP) is 4.83. The van der Waals surface area contributed by atoms with Crippen LogP contribution in [0.3, 0.4) is 0 Å². The van der Waals surface area contributed by atoms with Crippen LogP contribution in [0, 0.1) is 0 Å². The maximum Gasteiger partial charge on any atom is 0.134 e. The molecule has 1 nitrogen and oxygen atoms in total. The van der Waals surface area contributed by atoms with Crippen LogP contribution in [0.2, 0.25) is 0 Å². The molecule has 0 N–H and O–H groups in total. The number of rotatable bonds is 2. The van der Waals surface area contributed by atoms with E-state index < -0.39 is 0 Å². The third-order valence-corrected chi connectivity index (χ3v) is 3.10. The summed E-state index contributed by atoms with van der Waals surface area (Å²) in [4.78, 5) is 0. The maximum atomic E-state index is 5.37.